The van der Waals surface area contributed by atoms with Gasteiger partial charge in [0.2, 0.25) is 0 Å². The number of hydrogen-bond donors (Lipinski definition) is 1. The molecule has 0 bridgehead atoms. The van der Waals surface area contributed by atoms with E-state index in [4.69, 9.17) is 28.3 Å². The second-order valence-electron chi connectivity index (χ2n) is 8.96. The third-order valence-corrected chi connectivity index (χ3v) is 7.14. The van der Waals surface area contributed by atoms with Gasteiger partial charge in [-0.25, -0.2) is 14.1 Å². The Hall–Kier alpha value is -3.35. The van der Waals surface area contributed by atoms with E-state index in [-0.39, 0.29) is 5.82 Å². The number of anilines is 1. The van der Waals surface area contributed by atoms with E-state index in [2.05, 4.69) is 40.8 Å². The number of halogens is 3. The molecule has 6 rings (SSSR count). The van der Waals surface area contributed by atoms with Crippen LogP contribution in [0.3, 0.4) is 0 Å². The standard InChI is InChI=1S/C27H22Cl2FN5/c1-15-4-3-5-16(2)25(15)35-26(18-10-17-6-8-31-24(17)22(30)11-18)20-14-34(9-7-23(20)33-35)27-21(29)12-19(28)13-32-27/h3-6,8,10-13,31H,7,9,14H2,1-2H3. The van der Waals surface area contributed by atoms with Crippen LogP contribution in [0.2, 0.25) is 10.0 Å². The number of nitrogens with one attached hydrogen (secondary N) is 1. The number of pyridine rings is 1. The average Bonchev–Trinajstić information content (AvgIpc) is 3.43. The lowest BCUT2D eigenvalue weighted by molar-refractivity contribution is 0.637. The lowest BCUT2D eigenvalue weighted by Crippen LogP contribution is -2.31. The summed E-state index contributed by atoms with van der Waals surface area (Å²) in [4.78, 5) is 9.61. The number of benzene rings is 2. The van der Waals surface area contributed by atoms with E-state index in [9.17, 15) is 0 Å². The predicted molar refractivity (Wildman–Crippen MR) is 139 cm³/mol. The average molecular weight is 506 g/mol. The molecule has 0 saturated heterocycles. The van der Waals surface area contributed by atoms with Crippen molar-refractivity contribution in [3.05, 3.63) is 93.1 Å². The Kier molecular flexibility index (Phi) is 5.31. The first-order chi connectivity index (χ1) is 16.9. The smallest absolute Gasteiger partial charge is 0.147 e. The molecule has 0 unspecified atom stereocenters. The molecule has 0 spiro atoms. The van der Waals surface area contributed by atoms with Gasteiger partial charge >= 0.3 is 0 Å². The Balaban J connectivity index is 1.58. The highest BCUT2D eigenvalue weighted by Crippen LogP contribution is 2.38. The molecule has 0 radical (unpaired) electrons. The molecule has 1 N–H and O–H groups in total. The second-order valence-corrected chi connectivity index (χ2v) is 9.80. The largest absolute Gasteiger partial charge is 0.359 e. The maximum Gasteiger partial charge on any atom is 0.147 e. The van der Waals surface area contributed by atoms with Gasteiger partial charge in [-0.05, 0) is 49.2 Å². The van der Waals surface area contributed by atoms with Gasteiger partial charge in [0.1, 0.15) is 11.6 Å². The number of aromatic amines is 1. The Labute approximate surface area is 212 Å². The molecule has 3 aromatic heterocycles. The van der Waals surface area contributed by atoms with Crippen molar-refractivity contribution in [1.29, 1.82) is 0 Å². The number of aromatic nitrogens is 4. The molecule has 4 heterocycles. The molecular weight excluding hydrogens is 484 g/mol. The summed E-state index contributed by atoms with van der Waals surface area (Å²) < 4.78 is 17.1. The van der Waals surface area contributed by atoms with Crippen molar-refractivity contribution >= 4 is 39.9 Å². The SMILES string of the molecule is Cc1cccc(C)c1-n1nc2c(c1-c1cc(F)c3[nH]ccc3c1)CN(c1ncc(Cl)cc1Cl)CC2. The van der Waals surface area contributed by atoms with Crippen LogP contribution >= 0.6 is 23.2 Å². The van der Waals surface area contributed by atoms with E-state index >= 15 is 4.39 Å². The first-order valence-corrected chi connectivity index (χ1v) is 12.2. The highest BCUT2D eigenvalue weighted by atomic mass is 35.5. The molecular formula is C27H22Cl2FN5. The predicted octanol–water partition coefficient (Wildman–Crippen LogP) is 7.04. The van der Waals surface area contributed by atoms with Crippen LogP contribution in [0, 0.1) is 19.7 Å². The quantitative estimate of drug-likeness (QED) is 0.286. The molecule has 0 saturated carbocycles. The number of H-pyrrole nitrogens is 1. The third kappa shape index (κ3) is 3.68. The third-order valence-electron chi connectivity index (χ3n) is 6.66. The van der Waals surface area contributed by atoms with Crippen molar-refractivity contribution in [2.45, 2.75) is 26.8 Å². The highest BCUT2D eigenvalue weighted by molar-refractivity contribution is 6.36. The number of aryl methyl sites for hydroxylation is 2. The molecule has 8 heteroatoms. The fraction of sp³-hybridized carbons (Fsp3) is 0.185. The van der Waals surface area contributed by atoms with Gasteiger partial charge < -0.3 is 9.88 Å². The van der Waals surface area contributed by atoms with Crippen molar-refractivity contribution in [1.82, 2.24) is 19.7 Å². The van der Waals surface area contributed by atoms with Gasteiger partial charge in [0.15, 0.2) is 0 Å². The van der Waals surface area contributed by atoms with Crippen LogP contribution in [0.4, 0.5) is 10.2 Å². The summed E-state index contributed by atoms with van der Waals surface area (Å²) >= 11 is 12.6. The zero-order valence-corrected chi connectivity index (χ0v) is 20.8. The van der Waals surface area contributed by atoms with Crippen LogP contribution in [0.1, 0.15) is 22.4 Å². The minimum Gasteiger partial charge on any atom is -0.359 e. The second kappa shape index (κ2) is 8.40. The molecule has 1 aliphatic rings. The molecule has 5 aromatic rings. The molecule has 0 amide bonds. The summed E-state index contributed by atoms with van der Waals surface area (Å²) in [5.41, 5.74) is 7.43. The Bertz CT molecular complexity index is 1580. The number of para-hydroxylation sites is 1. The lowest BCUT2D eigenvalue weighted by Gasteiger charge is -2.28. The van der Waals surface area contributed by atoms with E-state index in [0.29, 0.717) is 27.9 Å². The first kappa shape index (κ1) is 22.1. The first-order valence-electron chi connectivity index (χ1n) is 11.4. The summed E-state index contributed by atoms with van der Waals surface area (Å²) in [5, 5.41) is 6.88. The van der Waals surface area contributed by atoms with E-state index in [1.807, 2.05) is 22.9 Å². The fourth-order valence-electron chi connectivity index (χ4n) is 5.06. The Morgan fingerprint density at radius 1 is 1.06 bits per heavy atom. The van der Waals surface area contributed by atoms with Crippen LogP contribution < -0.4 is 4.90 Å². The van der Waals surface area contributed by atoms with Gasteiger partial charge in [-0.1, -0.05) is 41.4 Å². The van der Waals surface area contributed by atoms with Gasteiger partial charge in [-0.3, -0.25) is 0 Å². The summed E-state index contributed by atoms with van der Waals surface area (Å²) in [5.74, 6) is 0.389. The maximum atomic E-state index is 15.1. The zero-order chi connectivity index (χ0) is 24.3. The van der Waals surface area contributed by atoms with Gasteiger partial charge in [-0.15, -0.1) is 0 Å². The van der Waals surface area contributed by atoms with E-state index in [1.165, 1.54) is 0 Å². The summed E-state index contributed by atoms with van der Waals surface area (Å²) in [6, 6.07) is 13.4. The molecule has 0 atom stereocenters. The van der Waals surface area contributed by atoms with Crippen molar-refractivity contribution in [3.8, 4) is 16.9 Å². The van der Waals surface area contributed by atoms with Crippen molar-refractivity contribution in [3.63, 3.8) is 0 Å². The van der Waals surface area contributed by atoms with E-state index in [1.54, 1.807) is 24.5 Å². The zero-order valence-electron chi connectivity index (χ0n) is 19.2. The Morgan fingerprint density at radius 2 is 1.86 bits per heavy atom. The van der Waals surface area contributed by atoms with Crippen LogP contribution in [-0.2, 0) is 13.0 Å². The van der Waals surface area contributed by atoms with Gasteiger partial charge in [0, 0.05) is 48.4 Å². The van der Waals surface area contributed by atoms with E-state index < -0.39 is 0 Å². The molecule has 5 nitrogen and oxygen atoms in total. The van der Waals surface area contributed by atoms with Crippen LogP contribution in [0.25, 0.3) is 27.8 Å². The fourth-order valence-corrected chi connectivity index (χ4v) is 5.56. The van der Waals surface area contributed by atoms with Crippen LogP contribution in [0.15, 0.2) is 54.9 Å². The van der Waals surface area contributed by atoms with Crippen LogP contribution in [-0.4, -0.2) is 26.3 Å². The summed E-state index contributed by atoms with van der Waals surface area (Å²) in [6.45, 7) is 5.42. The maximum absolute atomic E-state index is 15.1. The van der Waals surface area contributed by atoms with Crippen molar-refractivity contribution in [2.24, 2.45) is 0 Å². The molecule has 1 aliphatic heterocycles. The Morgan fingerprint density at radius 3 is 2.63 bits per heavy atom. The molecule has 0 aliphatic carbocycles. The highest BCUT2D eigenvalue weighted by Gasteiger charge is 2.29. The van der Waals surface area contributed by atoms with Gasteiger partial charge in [-0.2, -0.15) is 5.10 Å². The van der Waals surface area contributed by atoms with Crippen molar-refractivity contribution in [2.75, 3.05) is 11.4 Å². The number of nitrogens with zero attached hydrogens (tertiary/aromatic N) is 4. The molecule has 2 aromatic carbocycles. The summed E-state index contributed by atoms with van der Waals surface area (Å²) in [7, 11) is 0. The normalized spacial score (nSPS) is 13.5. The minimum atomic E-state index is -0.291. The van der Waals surface area contributed by atoms with Crippen molar-refractivity contribution < 1.29 is 4.39 Å². The van der Waals surface area contributed by atoms with E-state index in [0.717, 1.165) is 57.7 Å². The lowest BCUT2D eigenvalue weighted by atomic mass is 9.99. The molecule has 0 fully saturated rings. The summed E-state index contributed by atoms with van der Waals surface area (Å²) in [6.07, 6.45) is 4.08. The molecule has 176 valence electrons. The topological polar surface area (TPSA) is 49.7 Å². The molecule has 35 heavy (non-hydrogen) atoms. The van der Waals surface area contributed by atoms with Gasteiger partial charge in [0.05, 0.1) is 32.6 Å². The number of fused-ring (bicyclic) bond motifs is 2. The monoisotopic (exact) mass is 505 g/mol. The number of rotatable bonds is 3. The van der Waals surface area contributed by atoms with Gasteiger partial charge in [0.25, 0.3) is 0 Å². The van der Waals surface area contributed by atoms with Crippen LogP contribution in [0.5, 0.6) is 0 Å². The minimum absolute atomic E-state index is 0.291. The number of hydrogen-bond acceptors (Lipinski definition) is 3.